The zero-order valence-corrected chi connectivity index (χ0v) is 16.3. The summed E-state index contributed by atoms with van der Waals surface area (Å²) < 4.78 is 26.7. The van der Waals surface area contributed by atoms with Gasteiger partial charge in [0.25, 0.3) is 0 Å². The van der Waals surface area contributed by atoms with Crippen molar-refractivity contribution in [1.29, 1.82) is 0 Å². The molecule has 4 rings (SSSR count). The molecule has 3 aromatic rings. The van der Waals surface area contributed by atoms with Gasteiger partial charge in [0.2, 0.25) is 12.2 Å². The Hall–Kier alpha value is -3.48. The first-order chi connectivity index (χ1) is 14.0. The highest BCUT2D eigenvalue weighted by Gasteiger charge is 2.19. The molecule has 1 aliphatic rings. The Labute approximate surface area is 166 Å². The van der Waals surface area contributed by atoms with Gasteiger partial charge in [0.1, 0.15) is 17.6 Å². The van der Waals surface area contributed by atoms with Crippen molar-refractivity contribution in [3.05, 3.63) is 52.4 Å². The highest BCUT2D eigenvalue weighted by atomic mass is 16.7. The molecule has 0 saturated heterocycles. The van der Waals surface area contributed by atoms with Crippen LogP contribution in [0, 0.1) is 0 Å². The minimum Gasteiger partial charge on any atom is -0.481 e. The van der Waals surface area contributed by atoms with E-state index in [4.69, 9.17) is 18.6 Å². The molecule has 7 nitrogen and oxygen atoms in total. The topological polar surface area (TPSA) is 84.2 Å². The lowest BCUT2D eigenvalue weighted by molar-refractivity contribution is -0.142. The second kappa shape index (κ2) is 7.50. The van der Waals surface area contributed by atoms with Crippen LogP contribution in [0.25, 0.3) is 22.1 Å². The maximum atomic E-state index is 13.2. The van der Waals surface area contributed by atoms with E-state index in [0.717, 1.165) is 5.56 Å². The second-order valence-electron chi connectivity index (χ2n) is 6.95. The lowest BCUT2D eigenvalue weighted by atomic mass is 9.98. The molecule has 1 aliphatic heterocycles. The predicted octanol–water partition coefficient (Wildman–Crippen LogP) is 3.86. The van der Waals surface area contributed by atoms with Gasteiger partial charge in [-0.05, 0) is 35.2 Å². The average molecular weight is 396 g/mol. The maximum absolute atomic E-state index is 13.2. The van der Waals surface area contributed by atoms with Crippen molar-refractivity contribution in [2.75, 3.05) is 20.5 Å². The molecule has 0 saturated carbocycles. The van der Waals surface area contributed by atoms with E-state index in [1.807, 2.05) is 13.8 Å². The van der Waals surface area contributed by atoms with Crippen molar-refractivity contribution in [3.63, 3.8) is 0 Å². The van der Waals surface area contributed by atoms with Crippen molar-refractivity contribution in [1.82, 2.24) is 0 Å². The summed E-state index contributed by atoms with van der Waals surface area (Å²) in [5.74, 6) is 1.31. The van der Waals surface area contributed by atoms with Crippen LogP contribution in [-0.2, 0) is 9.53 Å². The van der Waals surface area contributed by atoms with Crippen LogP contribution in [0.1, 0.15) is 25.3 Å². The van der Waals surface area contributed by atoms with Crippen LogP contribution < -0.4 is 19.6 Å². The Kier molecular flexibility index (Phi) is 4.88. The lowest BCUT2D eigenvalue weighted by Crippen LogP contribution is -2.14. The number of methoxy groups -OCH3 is 1. The van der Waals surface area contributed by atoms with Crippen LogP contribution in [0.5, 0.6) is 17.2 Å². The van der Waals surface area contributed by atoms with Crippen LogP contribution in [0.3, 0.4) is 0 Å². The SMILES string of the molecule is COC(=O)COc1cc2occ(-c3ccc4c(c3)OCO4)c(=O)c2cc1C(C)C. The Morgan fingerprint density at radius 1 is 1.14 bits per heavy atom. The van der Waals surface area contributed by atoms with Gasteiger partial charge < -0.3 is 23.4 Å². The fourth-order valence-electron chi connectivity index (χ4n) is 3.21. The predicted molar refractivity (Wildman–Crippen MR) is 106 cm³/mol. The summed E-state index contributed by atoms with van der Waals surface area (Å²) >= 11 is 0. The Morgan fingerprint density at radius 2 is 1.93 bits per heavy atom. The van der Waals surface area contributed by atoms with Gasteiger partial charge in [-0.2, -0.15) is 0 Å². The van der Waals surface area contributed by atoms with E-state index in [1.165, 1.54) is 13.4 Å². The summed E-state index contributed by atoms with van der Waals surface area (Å²) in [7, 11) is 1.30. The molecule has 2 aromatic carbocycles. The molecule has 150 valence electrons. The summed E-state index contributed by atoms with van der Waals surface area (Å²) in [6.07, 6.45) is 1.42. The van der Waals surface area contributed by atoms with Crippen molar-refractivity contribution in [3.8, 4) is 28.4 Å². The molecule has 0 N–H and O–H groups in total. The molecule has 0 atom stereocenters. The fraction of sp³-hybridized carbons (Fsp3) is 0.273. The monoisotopic (exact) mass is 396 g/mol. The highest BCUT2D eigenvalue weighted by Crippen LogP contribution is 2.36. The first-order valence-corrected chi connectivity index (χ1v) is 9.17. The average Bonchev–Trinajstić information content (AvgIpc) is 3.19. The number of hydrogen-bond acceptors (Lipinski definition) is 7. The van der Waals surface area contributed by atoms with Crippen LogP contribution in [-0.4, -0.2) is 26.5 Å². The van der Waals surface area contributed by atoms with Crippen LogP contribution >= 0.6 is 0 Å². The van der Waals surface area contributed by atoms with E-state index in [-0.39, 0.29) is 24.7 Å². The summed E-state index contributed by atoms with van der Waals surface area (Å²) in [6, 6.07) is 8.72. The molecule has 7 heteroatoms. The van der Waals surface area contributed by atoms with E-state index < -0.39 is 5.97 Å². The van der Waals surface area contributed by atoms with Gasteiger partial charge in [-0.25, -0.2) is 4.79 Å². The molecule has 29 heavy (non-hydrogen) atoms. The molecule has 0 aliphatic carbocycles. The number of rotatable bonds is 5. The molecular formula is C22H20O7. The lowest BCUT2D eigenvalue weighted by Gasteiger charge is -2.14. The molecule has 0 fully saturated rings. The van der Waals surface area contributed by atoms with Gasteiger partial charge in [-0.15, -0.1) is 0 Å². The van der Waals surface area contributed by atoms with E-state index in [2.05, 4.69) is 4.74 Å². The summed E-state index contributed by atoms with van der Waals surface area (Å²) in [5.41, 5.74) is 2.13. The molecule has 2 heterocycles. The summed E-state index contributed by atoms with van der Waals surface area (Å²) in [4.78, 5) is 24.6. The minimum atomic E-state index is -0.487. The molecular weight excluding hydrogens is 376 g/mol. The largest absolute Gasteiger partial charge is 0.481 e. The van der Waals surface area contributed by atoms with E-state index in [1.54, 1.807) is 30.3 Å². The van der Waals surface area contributed by atoms with E-state index >= 15 is 0 Å². The Morgan fingerprint density at radius 3 is 2.69 bits per heavy atom. The molecule has 1 aromatic heterocycles. The fourth-order valence-corrected chi connectivity index (χ4v) is 3.21. The summed E-state index contributed by atoms with van der Waals surface area (Å²) in [5, 5.41) is 0.439. The maximum Gasteiger partial charge on any atom is 0.343 e. The highest BCUT2D eigenvalue weighted by molar-refractivity contribution is 5.84. The number of benzene rings is 2. The Balaban J connectivity index is 1.79. The molecule has 0 unspecified atom stereocenters. The third-order valence-electron chi connectivity index (χ3n) is 4.78. The third kappa shape index (κ3) is 3.51. The number of carbonyl (C=O) groups is 1. The van der Waals surface area contributed by atoms with E-state index in [0.29, 0.717) is 39.3 Å². The molecule has 0 radical (unpaired) electrons. The quantitative estimate of drug-likeness (QED) is 0.606. The van der Waals surface area contributed by atoms with Crippen LogP contribution in [0.4, 0.5) is 0 Å². The van der Waals surface area contributed by atoms with Crippen LogP contribution in [0.2, 0.25) is 0 Å². The van der Waals surface area contributed by atoms with Crippen molar-refractivity contribution in [2.45, 2.75) is 19.8 Å². The van der Waals surface area contributed by atoms with Gasteiger partial charge in [-0.3, -0.25) is 4.79 Å². The Bertz CT molecular complexity index is 1140. The molecule has 0 spiro atoms. The minimum absolute atomic E-state index is 0.0700. The summed E-state index contributed by atoms with van der Waals surface area (Å²) in [6.45, 7) is 3.91. The smallest absolute Gasteiger partial charge is 0.343 e. The number of carbonyl (C=O) groups excluding carboxylic acids is 1. The molecule has 0 bridgehead atoms. The van der Waals surface area contributed by atoms with Gasteiger partial charge in [-0.1, -0.05) is 19.9 Å². The standard InChI is InChI=1S/C22H20O7/c1-12(2)14-7-15-19(8-18(14)27-10-21(23)25-3)26-9-16(22(15)24)13-4-5-17-20(6-13)29-11-28-17/h4-9,12H,10-11H2,1-3H3. The number of hydrogen-bond donors (Lipinski definition) is 0. The normalized spacial score (nSPS) is 12.4. The first-order valence-electron chi connectivity index (χ1n) is 9.17. The van der Waals surface area contributed by atoms with Crippen LogP contribution in [0.15, 0.2) is 45.8 Å². The van der Waals surface area contributed by atoms with Crippen molar-refractivity contribution < 1.29 is 28.2 Å². The van der Waals surface area contributed by atoms with Gasteiger partial charge in [0.15, 0.2) is 18.1 Å². The van der Waals surface area contributed by atoms with Gasteiger partial charge >= 0.3 is 5.97 Å². The number of esters is 1. The van der Waals surface area contributed by atoms with Crippen molar-refractivity contribution >= 4 is 16.9 Å². The number of fused-ring (bicyclic) bond motifs is 2. The zero-order chi connectivity index (χ0) is 20.5. The van der Waals surface area contributed by atoms with Gasteiger partial charge in [0.05, 0.1) is 18.1 Å². The zero-order valence-electron chi connectivity index (χ0n) is 16.3. The van der Waals surface area contributed by atoms with Gasteiger partial charge in [0, 0.05) is 6.07 Å². The van der Waals surface area contributed by atoms with Crippen molar-refractivity contribution in [2.24, 2.45) is 0 Å². The second-order valence-corrected chi connectivity index (χ2v) is 6.95. The number of ether oxygens (including phenoxy) is 4. The molecule has 0 amide bonds. The third-order valence-corrected chi connectivity index (χ3v) is 4.78. The van der Waals surface area contributed by atoms with E-state index in [9.17, 15) is 9.59 Å². The first kappa shape index (κ1) is 18.9.